The lowest BCUT2D eigenvalue weighted by Crippen LogP contribution is -2.50. The van der Waals surface area contributed by atoms with E-state index in [1.54, 1.807) is 13.8 Å². The van der Waals surface area contributed by atoms with E-state index in [9.17, 15) is 19.8 Å². The molecule has 4 fully saturated rings. The van der Waals surface area contributed by atoms with Gasteiger partial charge < -0.3 is 10.2 Å². The average Bonchev–Trinajstić information content (AvgIpc) is 2.35. The van der Waals surface area contributed by atoms with E-state index < -0.39 is 11.9 Å². The minimum absolute atomic E-state index is 0.0398. The molecule has 0 aromatic heterocycles. The number of aliphatic carboxylic acids is 2. The fourth-order valence-corrected chi connectivity index (χ4v) is 5.79. The zero-order valence-corrected chi connectivity index (χ0v) is 13.3. The van der Waals surface area contributed by atoms with Crippen LogP contribution in [0.25, 0.3) is 0 Å². The second-order valence-electron chi connectivity index (χ2n) is 7.95. The maximum Gasteiger partial charge on any atom is 0.330 e. The van der Waals surface area contributed by atoms with Gasteiger partial charge in [-0.1, -0.05) is 12.2 Å². The maximum atomic E-state index is 11.2. The van der Waals surface area contributed by atoms with Crippen molar-refractivity contribution in [2.75, 3.05) is 0 Å². The van der Waals surface area contributed by atoms with E-state index in [4.69, 9.17) is 0 Å². The van der Waals surface area contributed by atoms with Crippen molar-refractivity contribution in [2.24, 2.45) is 22.7 Å². The molecule has 0 aromatic carbocycles. The molecule has 0 aromatic rings. The highest BCUT2D eigenvalue weighted by molar-refractivity contribution is 5.86. The Labute approximate surface area is 130 Å². The molecule has 4 nitrogen and oxygen atoms in total. The lowest BCUT2D eigenvalue weighted by atomic mass is 9.44. The zero-order valence-electron chi connectivity index (χ0n) is 13.3. The van der Waals surface area contributed by atoms with Crippen LogP contribution in [-0.2, 0) is 9.59 Å². The Hall–Kier alpha value is -1.58. The third kappa shape index (κ3) is 2.59. The number of carbonyl (C=O) groups is 2. The second-order valence-corrected chi connectivity index (χ2v) is 7.95. The summed E-state index contributed by atoms with van der Waals surface area (Å²) >= 11 is 0. The number of rotatable bonds is 4. The molecule has 0 saturated heterocycles. The summed E-state index contributed by atoms with van der Waals surface area (Å²) in [5, 5.41) is 18.4. The minimum atomic E-state index is -0.845. The quantitative estimate of drug-likeness (QED) is 0.778. The van der Waals surface area contributed by atoms with Gasteiger partial charge in [0.05, 0.1) is 0 Å². The predicted octanol–water partition coefficient (Wildman–Crippen LogP) is 3.63. The fourth-order valence-electron chi connectivity index (χ4n) is 5.79. The predicted molar refractivity (Wildman–Crippen MR) is 82.3 cm³/mol. The Morgan fingerprint density at radius 1 is 0.864 bits per heavy atom. The van der Waals surface area contributed by atoms with E-state index in [-0.39, 0.29) is 10.8 Å². The van der Waals surface area contributed by atoms with E-state index in [0.717, 1.165) is 32.1 Å². The molecular formula is C18H24O4. The van der Waals surface area contributed by atoms with Crippen LogP contribution in [0.1, 0.15) is 52.4 Å². The van der Waals surface area contributed by atoms with E-state index >= 15 is 0 Å². The van der Waals surface area contributed by atoms with E-state index in [1.807, 2.05) is 12.2 Å². The smallest absolute Gasteiger partial charge is 0.330 e. The molecule has 0 spiro atoms. The Morgan fingerprint density at radius 2 is 1.23 bits per heavy atom. The molecule has 120 valence electrons. The van der Waals surface area contributed by atoms with Gasteiger partial charge in [-0.25, -0.2) is 9.59 Å². The maximum absolute atomic E-state index is 11.2. The third-order valence-corrected chi connectivity index (χ3v) is 5.87. The van der Waals surface area contributed by atoms with Gasteiger partial charge >= 0.3 is 11.9 Å². The zero-order chi connectivity index (χ0) is 16.1. The standard InChI is InChI=1S/C18H24O4/c1-11(15(19)20)4-17-6-13-3-14(7-17)9-18(8-13,10-17)5-12(2)16(21)22/h4-5,13-14H,3,6-10H2,1-2H3,(H,19,20)(H,21,22). The van der Waals surface area contributed by atoms with Gasteiger partial charge in [0.25, 0.3) is 0 Å². The molecular weight excluding hydrogens is 280 g/mol. The summed E-state index contributed by atoms with van der Waals surface area (Å²) in [6, 6.07) is 0. The normalized spacial score (nSPS) is 40.8. The number of carboxylic acids is 2. The first-order valence-corrected chi connectivity index (χ1v) is 8.08. The van der Waals surface area contributed by atoms with Crippen molar-refractivity contribution in [3.8, 4) is 0 Å². The van der Waals surface area contributed by atoms with Gasteiger partial charge in [0.1, 0.15) is 0 Å². The highest BCUT2D eigenvalue weighted by Gasteiger charge is 2.56. The van der Waals surface area contributed by atoms with Crippen molar-refractivity contribution in [2.45, 2.75) is 52.4 Å². The summed E-state index contributed by atoms with van der Waals surface area (Å²) in [5.74, 6) is -0.474. The van der Waals surface area contributed by atoms with Crippen molar-refractivity contribution in [1.82, 2.24) is 0 Å². The Morgan fingerprint density at radius 3 is 1.55 bits per heavy atom. The molecule has 0 heterocycles. The van der Waals surface area contributed by atoms with Crippen molar-refractivity contribution in [1.29, 1.82) is 0 Å². The molecule has 4 bridgehead atoms. The number of carboxylic acid groups (broad SMARTS) is 2. The molecule has 0 atom stereocenters. The summed E-state index contributed by atoms with van der Waals surface area (Å²) in [5.41, 5.74) is 0.774. The fraction of sp³-hybridized carbons (Fsp3) is 0.667. The summed E-state index contributed by atoms with van der Waals surface area (Å²) in [7, 11) is 0. The summed E-state index contributed by atoms with van der Waals surface area (Å²) in [4.78, 5) is 22.4. The minimum Gasteiger partial charge on any atom is -0.478 e. The molecule has 0 radical (unpaired) electrons. The van der Waals surface area contributed by atoms with Crippen molar-refractivity contribution >= 4 is 11.9 Å². The van der Waals surface area contributed by atoms with Crippen molar-refractivity contribution in [3.05, 3.63) is 23.3 Å². The van der Waals surface area contributed by atoms with Crippen LogP contribution in [0.15, 0.2) is 23.3 Å². The van der Waals surface area contributed by atoms with Gasteiger partial charge in [0.2, 0.25) is 0 Å². The molecule has 0 aliphatic heterocycles. The van der Waals surface area contributed by atoms with E-state index in [1.165, 1.54) is 6.42 Å². The molecule has 4 aliphatic rings. The van der Waals surface area contributed by atoms with E-state index in [2.05, 4.69) is 0 Å². The van der Waals surface area contributed by atoms with Crippen LogP contribution in [0.2, 0.25) is 0 Å². The molecule has 0 unspecified atom stereocenters. The number of allylic oxidation sites excluding steroid dienone is 2. The molecule has 22 heavy (non-hydrogen) atoms. The van der Waals surface area contributed by atoms with Crippen LogP contribution >= 0.6 is 0 Å². The molecule has 4 rings (SSSR count). The van der Waals surface area contributed by atoms with Gasteiger partial charge in [-0.2, -0.15) is 0 Å². The molecule has 4 heteroatoms. The third-order valence-electron chi connectivity index (χ3n) is 5.87. The van der Waals surface area contributed by atoms with Crippen LogP contribution in [0.3, 0.4) is 0 Å². The summed E-state index contributed by atoms with van der Waals surface area (Å²) < 4.78 is 0. The largest absolute Gasteiger partial charge is 0.478 e. The summed E-state index contributed by atoms with van der Waals surface area (Å²) in [6.07, 6.45) is 10.3. The van der Waals surface area contributed by atoms with Crippen LogP contribution < -0.4 is 0 Å². The number of hydrogen-bond acceptors (Lipinski definition) is 2. The Kier molecular flexibility index (Phi) is 3.46. The monoisotopic (exact) mass is 304 g/mol. The van der Waals surface area contributed by atoms with Gasteiger partial charge in [-0.3, -0.25) is 0 Å². The summed E-state index contributed by atoms with van der Waals surface area (Å²) in [6.45, 7) is 3.35. The molecule has 2 N–H and O–H groups in total. The van der Waals surface area contributed by atoms with Crippen LogP contribution in [0, 0.1) is 22.7 Å². The van der Waals surface area contributed by atoms with Crippen LogP contribution in [0.4, 0.5) is 0 Å². The highest BCUT2D eigenvalue weighted by atomic mass is 16.4. The first-order chi connectivity index (χ1) is 10.2. The average molecular weight is 304 g/mol. The molecule has 4 saturated carbocycles. The highest BCUT2D eigenvalue weighted by Crippen LogP contribution is 2.66. The lowest BCUT2D eigenvalue weighted by molar-refractivity contribution is -0.133. The van der Waals surface area contributed by atoms with Gasteiger partial charge in [-0.05, 0) is 75.0 Å². The topological polar surface area (TPSA) is 74.6 Å². The van der Waals surface area contributed by atoms with Crippen molar-refractivity contribution in [3.63, 3.8) is 0 Å². The molecule has 0 amide bonds. The van der Waals surface area contributed by atoms with Gasteiger partial charge in [0.15, 0.2) is 0 Å². The van der Waals surface area contributed by atoms with Gasteiger partial charge in [-0.15, -0.1) is 0 Å². The van der Waals surface area contributed by atoms with Crippen molar-refractivity contribution < 1.29 is 19.8 Å². The number of hydrogen-bond donors (Lipinski definition) is 2. The first kappa shape index (κ1) is 15.3. The molecule has 4 aliphatic carbocycles. The Bertz CT molecular complexity index is 522. The second kappa shape index (κ2) is 4.97. The van der Waals surface area contributed by atoms with Crippen LogP contribution in [0.5, 0.6) is 0 Å². The SMILES string of the molecule is CC(=CC12CC3CC(C1)CC(C=C(C)C(=O)O)(C3)C2)C(=O)O. The first-order valence-electron chi connectivity index (χ1n) is 8.08. The van der Waals surface area contributed by atoms with Gasteiger partial charge in [0, 0.05) is 11.1 Å². The Balaban J connectivity index is 1.97. The lowest BCUT2D eigenvalue weighted by Gasteiger charge is -2.61. The van der Waals surface area contributed by atoms with Crippen LogP contribution in [-0.4, -0.2) is 22.2 Å². The van der Waals surface area contributed by atoms with E-state index in [0.29, 0.717) is 23.0 Å².